The van der Waals surface area contributed by atoms with E-state index in [1.807, 2.05) is 40.2 Å². The molecule has 0 N–H and O–H groups in total. The summed E-state index contributed by atoms with van der Waals surface area (Å²) in [5, 5.41) is 0. The summed E-state index contributed by atoms with van der Waals surface area (Å²) in [6.45, 7) is 4.86. The van der Waals surface area contributed by atoms with Gasteiger partial charge in [-0.1, -0.05) is 12.2 Å². The van der Waals surface area contributed by atoms with Crippen molar-refractivity contribution in [2.24, 2.45) is 0 Å². The zero-order valence-corrected chi connectivity index (χ0v) is 14.1. The van der Waals surface area contributed by atoms with E-state index in [4.69, 9.17) is 9.26 Å². The fraction of sp³-hybridized carbons (Fsp3) is 0.846. The molecule has 0 aliphatic rings. The number of phosphoric acid groups is 1. The van der Waals surface area contributed by atoms with Crippen molar-refractivity contribution in [2.45, 2.75) is 26.3 Å². The third-order valence-corrected chi connectivity index (χ3v) is 3.89. The molecular weight excluding hydrogens is 281 g/mol. The molecule has 0 spiro atoms. The Balaban J connectivity index is 4.27. The Kier molecular flexibility index (Phi) is 9.55. The van der Waals surface area contributed by atoms with Crippen molar-refractivity contribution < 1.29 is 27.7 Å². The lowest BCUT2D eigenvalue weighted by atomic mass is 10.2. The average molecular weight is 309 g/mol. The Morgan fingerprint density at radius 3 is 2.45 bits per heavy atom. The number of hydrogen-bond donors (Lipinski definition) is 0. The summed E-state index contributed by atoms with van der Waals surface area (Å²) in [6, 6.07) is 0.0170. The van der Waals surface area contributed by atoms with E-state index in [0.29, 0.717) is 24.1 Å². The van der Waals surface area contributed by atoms with E-state index in [2.05, 4.69) is 4.52 Å². The van der Waals surface area contributed by atoms with Gasteiger partial charge < -0.3 is 23.2 Å². The van der Waals surface area contributed by atoms with E-state index < -0.39 is 7.82 Å². The Labute approximate surface area is 122 Å². The van der Waals surface area contributed by atoms with Crippen LogP contribution in [0.15, 0.2) is 12.2 Å². The molecule has 20 heavy (non-hydrogen) atoms. The summed E-state index contributed by atoms with van der Waals surface area (Å²) in [5.41, 5.74) is 0. The van der Waals surface area contributed by atoms with Gasteiger partial charge in [0.15, 0.2) is 0 Å². The summed E-state index contributed by atoms with van der Waals surface area (Å²) in [7, 11) is 1.81. The van der Waals surface area contributed by atoms with Gasteiger partial charge >= 0.3 is 0 Å². The van der Waals surface area contributed by atoms with Crippen LogP contribution in [-0.2, 0) is 18.3 Å². The molecule has 0 bridgehead atoms. The molecule has 120 valence electrons. The molecule has 0 amide bonds. The summed E-state index contributed by atoms with van der Waals surface area (Å²) in [5.74, 6) is 0. The summed E-state index contributed by atoms with van der Waals surface area (Å²) in [6.07, 6.45) is 4.57. The molecule has 0 radical (unpaired) electrons. The van der Waals surface area contributed by atoms with Gasteiger partial charge in [0, 0.05) is 6.42 Å². The number of nitrogens with zero attached hydrogens (tertiary/aromatic N) is 1. The van der Waals surface area contributed by atoms with E-state index in [1.54, 1.807) is 6.92 Å². The smallest absolute Gasteiger partial charge is 0.268 e. The second-order valence-corrected chi connectivity index (χ2v) is 6.77. The van der Waals surface area contributed by atoms with Crippen LogP contribution in [0.3, 0.4) is 0 Å². The van der Waals surface area contributed by atoms with Crippen LogP contribution in [-0.4, -0.2) is 58.1 Å². The van der Waals surface area contributed by atoms with Crippen molar-refractivity contribution in [3.63, 3.8) is 0 Å². The molecule has 0 aliphatic heterocycles. The predicted octanol–water partition coefficient (Wildman–Crippen LogP) is 1.57. The number of quaternary nitrogens is 1. The molecular formula is C13H28NO5P. The van der Waals surface area contributed by atoms with Crippen LogP contribution >= 0.6 is 7.82 Å². The van der Waals surface area contributed by atoms with Crippen molar-refractivity contribution in [1.29, 1.82) is 0 Å². The zero-order valence-electron chi connectivity index (χ0n) is 13.2. The number of allylic oxidation sites excluding steroid dienone is 1. The minimum Gasteiger partial charge on any atom is -0.756 e. The number of likely N-dealkylation sites (N-methyl/N-ethyl adjacent to an activating group) is 1. The SMILES string of the molecule is C/C=C/COCCC(COP(=O)([O-])OCC)[N+](C)(C)C. The van der Waals surface area contributed by atoms with Gasteiger partial charge in [-0.25, -0.2) is 0 Å². The third kappa shape index (κ3) is 9.64. The van der Waals surface area contributed by atoms with Gasteiger partial charge in [-0.3, -0.25) is 4.57 Å². The second-order valence-electron chi connectivity index (χ2n) is 5.36. The van der Waals surface area contributed by atoms with E-state index in [-0.39, 0.29) is 19.3 Å². The molecule has 7 heteroatoms. The van der Waals surface area contributed by atoms with Crippen LogP contribution in [0, 0.1) is 0 Å². The fourth-order valence-corrected chi connectivity index (χ4v) is 2.28. The molecule has 0 aromatic carbocycles. The lowest BCUT2D eigenvalue weighted by molar-refractivity contribution is -0.896. The molecule has 0 saturated carbocycles. The van der Waals surface area contributed by atoms with E-state index >= 15 is 0 Å². The molecule has 0 heterocycles. The lowest BCUT2D eigenvalue weighted by Crippen LogP contribution is -2.48. The Morgan fingerprint density at radius 2 is 1.95 bits per heavy atom. The first-order valence-electron chi connectivity index (χ1n) is 6.83. The van der Waals surface area contributed by atoms with Crippen molar-refractivity contribution in [3.05, 3.63) is 12.2 Å². The highest BCUT2D eigenvalue weighted by Gasteiger charge is 2.25. The van der Waals surface area contributed by atoms with Gasteiger partial charge in [-0.15, -0.1) is 0 Å². The second kappa shape index (κ2) is 9.66. The maximum absolute atomic E-state index is 11.4. The first-order valence-corrected chi connectivity index (χ1v) is 8.29. The quantitative estimate of drug-likeness (QED) is 0.251. The summed E-state index contributed by atoms with van der Waals surface area (Å²) in [4.78, 5) is 11.4. The molecule has 6 nitrogen and oxygen atoms in total. The van der Waals surface area contributed by atoms with E-state index in [1.165, 1.54) is 0 Å². The van der Waals surface area contributed by atoms with Gasteiger partial charge in [-0.05, 0) is 13.8 Å². The molecule has 0 aromatic rings. The minimum atomic E-state index is -4.18. The van der Waals surface area contributed by atoms with E-state index in [0.717, 1.165) is 0 Å². The van der Waals surface area contributed by atoms with Crippen LogP contribution in [0.1, 0.15) is 20.3 Å². The zero-order chi connectivity index (χ0) is 15.6. The molecule has 0 aromatic heterocycles. The maximum atomic E-state index is 11.4. The number of phosphoric ester groups is 1. The Hall–Kier alpha value is -0.230. The predicted molar refractivity (Wildman–Crippen MR) is 77.3 cm³/mol. The van der Waals surface area contributed by atoms with Crippen molar-refractivity contribution in [2.75, 3.05) is 47.6 Å². The lowest BCUT2D eigenvalue weighted by Gasteiger charge is -2.35. The number of ether oxygens (including phenoxy) is 1. The standard InChI is InChI=1S/C13H28NO5P/c1-6-8-10-17-11-9-13(14(3,4)5)12-19-20(15,16)18-7-2/h6,8,13H,7,9-12H2,1-5H3/b8-6+. The number of hydrogen-bond acceptors (Lipinski definition) is 5. The third-order valence-electron chi connectivity index (χ3n) is 2.85. The molecule has 2 atom stereocenters. The first kappa shape index (κ1) is 19.8. The van der Waals surface area contributed by atoms with Crippen LogP contribution in [0.25, 0.3) is 0 Å². The van der Waals surface area contributed by atoms with Crippen LogP contribution < -0.4 is 4.89 Å². The van der Waals surface area contributed by atoms with Gasteiger partial charge in [-0.2, -0.15) is 0 Å². The highest BCUT2D eigenvalue weighted by Crippen LogP contribution is 2.38. The van der Waals surface area contributed by atoms with Crippen molar-refractivity contribution in [1.82, 2.24) is 0 Å². The summed E-state index contributed by atoms with van der Waals surface area (Å²) < 4.78 is 27.0. The van der Waals surface area contributed by atoms with E-state index in [9.17, 15) is 9.46 Å². The monoisotopic (exact) mass is 309 g/mol. The molecule has 0 saturated heterocycles. The summed E-state index contributed by atoms with van der Waals surface area (Å²) >= 11 is 0. The maximum Gasteiger partial charge on any atom is 0.268 e. The molecule has 0 fully saturated rings. The molecule has 0 aliphatic carbocycles. The topological polar surface area (TPSA) is 67.8 Å². The molecule has 0 rings (SSSR count). The fourth-order valence-electron chi connectivity index (χ4n) is 1.53. The Bertz CT molecular complexity index is 327. The highest BCUT2D eigenvalue weighted by molar-refractivity contribution is 7.45. The van der Waals surface area contributed by atoms with Crippen molar-refractivity contribution >= 4 is 7.82 Å². The molecule has 2 unspecified atom stereocenters. The van der Waals surface area contributed by atoms with Crippen molar-refractivity contribution in [3.8, 4) is 0 Å². The van der Waals surface area contributed by atoms with Gasteiger partial charge in [0.05, 0.1) is 41.0 Å². The highest BCUT2D eigenvalue weighted by atomic mass is 31.2. The minimum absolute atomic E-state index is 0.0170. The average Bonchev–Trinajstić information content (AvgIpc) is 2.30. The van der Waals surface area contributed by atoms with Gasteiger partial charge in [0.1, 0.15) is 12.6 Å². The van der Waals surface area contributed by atoms with Gasteiger partial charge in [0.25, 0.3) is 7.82 Å². The van der Waals surface area contributed by atoms with Crippen LogP contribution in [0.2, 0.25) is 0 Å². The number of rotatable bonds is 11. The largest absolute Gasteiger partial charge is 0.756 e. The first-order chi connectivity index (χ1) is 9.23. The Morgan fingerprint density at radius 1 is 1.30 bits per heavy atom. The van der Waals surface area contributed by atoms with Crippen LogP contribution in [0.4, 0.5) is 0 Å². The normalized spacial score (nSPS) is 17.3. The van der Waals surface area contributed by atoms with Gasteiger partial charge in [0.2, 0.25) is 0 Å². The van der Waals surface area contributed by atoms with Crippen LogP contribution in [0.5, 0.6) is 0 Å².